The number of nitrogens with zero attached hydrogens (tertiary/aromatic N) is 1. The van der Waals surface area contributed by atoms with Gasteiger partial charge in [0.1, 0.15) is 0 Å². The Morgan fingerprint density at radius 2 is 1.60 bits per heavy atom. The summed E-state index contributed by atoms with van der Waals surface area (Å²) in [6.45, 7) is 0. The Kier molecular flexibility index (Phi) is 5.85. The summed E-state index contributed by atoms with van der Waals surface area (Å²) in [6, 6.07) is 10.6. The number of aldehydes is 1. The van der Waals surface area contributed by atoms with Crippen molar-refractivity contribution in [3.05, 3.63) is 71.3 Å². The molecule has 0 aliphatic heterocycles. The van der Waals surface area contributed by atoms with Crippen molar-refractivity contribution in [2.75, 3.05) is 7.05 Å². The third kappa shape index (κ3) is 4.01. The van der Waals surface area contributed by atoms with Crippen LogP contribution in [0.4, 0.5) is 8.78 Å². The van der Waals surface area contributed by atoms with Gasteiger partial charge < -0.3 is 0 Å². The minimum absolute atomic E-state index is 0.224. The van der Waals surface area contributed by atoms with Gasteiger partial charge in [-0.15, -0.1) is 0 Å². The van der Waals surface area contributed by atoms with Gasteiger partial charge >= 0.3 is 143 Å². The fourth-order valence-corrected chi connectivity index (χ4v) is 2.35. The molecule has 0 aromatic heterocycles. The van der Waals surface area contributed by atoms with Gasteiger partial charge in [0.15, 0.2) is 0 Å². The molecular weight excluding hydrogens is 327 g/mol. The first kappa shape index (κ1) is 18.1. The molecule has 2 aromatic rings. The Hall–Kier alpha value is -3.21. The summed E-state index contributed by atoms with van der Waals surface area (Å²) in [5.74, 6) is -0.917. The maximum absolute atomic E-state index is 13.3. The van der Waals surface area contributed by atoms with Crippen LogP contribution in [0.3, 0.4) is 0 Å². The molecule has 0 saturated carbocycles. The minimum atomic E-state index is -1.45. The van der Waals surface area contributed by atoms with Crippen LogP contribution in [0.5, 0.6) is 0 Å². The average Bonchev–Trinajstić information content (AvgIpc) is 2.64. The molecule has 0 aliphatic rings. The summed E-state index contributed by atoms with van der Waals surface area (Å²) in [5.41, 5.74) is -0.376. The number of carbonyl (C=O) groups is 1. The third-order valence-electron chi connectivity index (χ3n) is 3.61. The van der Waals surface area contributed by atoms with Crippen molar-refractivity contribution >= 4 is 19.1 Å². The van der Waals surface area contributed by atoms with Crippen LogP contribution in [-0.4, -0.2) is 26.2 Å². The molecule has 0 aliphatic carbocycles. The van der Waals surface area contributed by atoms with Crippen LogP contribution in [0.1, 0.15) is 11.1 Å². The summed E-state index contributed by atoms with van der Waals surface area (Å²) in [4.78, 5) is 12.1. The molecule has 126 valence electrons. The Labute approximate surface area is 144 Å². The van der Waals surface area contributed by atoms with E-state index in [-0.39, 0.29) is 5.71 Å². The van der Waals surface area contributed by atoms with E-state index in [2.05, 4.69) is 15.3 Å². The number of carbonyl (C=O) groups excluding carboxylic acids is 1. The number of halogens is 2. The fourth-order valence-electron chi connectivity index (χ4n) is 2.35. The summed E-state index contributed by atoms with van der Waals surface area (Å²) >= 11 is 0. The zero-order valence-corrected chi connectivity index (χ0v) is 13.3. The van der Waals surface area contributed by atoms with Gasteiger partial charge in [0, 0.05) is 0 Å². The van der Waals surface area contributed by atoms with Crippen molar-refractivity contribution in [3.63, 3.8) is 0 Å². The predicted molar refractivity (Wildman–Crippen MR) is 89.3 cm³/mol. The van der Waals surface area contributed by atoms with Gasteiger partial charge in [-0.05, 0) is 0 Å². The molecule has 2 aromatic carbocycles. The van der Waals surface area contributed by atoms with E-state index in [9.17, 15) is 13.6 Å². The number of rotatable bonds is 7. The van der Waals surface area contributed by atoms with E-state index >= 15 is 0 Å². The van der Waals surface area contributed by atoms with Gasteiger partial charge in [-0.3, -0.25) is 0 Å². The number of benzene rings is 2. The summed E-state index contributed by atoms with van der Waals surface area (Å²) < 4.78 is 31.2. The molecule has 5 nitrogen and oxygen atoms in total. The van der Waals surface area contributed by atoms with Crippen LogP contribution in [0.15, 0.2) is 48.5 Å². The zero-order chi connectivity index (χ0) is 18.3. The van der Waals surface area contributed by atoms with Gasteiger partial charge in [0.05, 0.1) is 0 Å². The molecule has 0 heterocycles. The molecule has 0 spiro atoms. The Balaban J connectivity index is 2.60. The van der Waals surface area contributed by atoms with E-state index in [1.54, 1.807) is 7.05 Å². The van der Waals surface area contributed by atoms with Gasteiger partial charge in [-0.2, -0.15) is 0 Å². The van der Waals surface area contributed by atoms with Gasteiger partial charge in [0.2, 0.25) is 0 Å². The van der Waals surface area contributed by atoms with Crippen molar-refractivity contribution in [3.8, 4) is 6.26 Å². The standard InChI is InChI=1S/C17H14BF2N3O2/c1-22-16(18-25-11-21)23-17(10-24,12-2-6-14(19)7-3-12)13-4-8-15(20)9-5-13/h2-10,22-23H,1H3. The molecule has 0 atom stereocenters. The normalized spacial score (nSPS) is 11.0. The van der Waals surface area contributed by atoms with Gasteiger partial charge in [0.25, 0.3) is 0 Å². The van der Waals surface area contributed by atoms with Crippen molar-refractivity contribution < 1.29 is 18.2 Å². The quantitative estimate of drug-likeness (QED) is 0.453. The topological polar surface area (TPSA) is 74.2 Å². The number of nitrogens with one attached hydrogen (secondary N) is 2. The Morgan fingerprint density at radius 3 is 1.96 bits per heavy atom. The van der Waals surface area contributed by atoms with E-state index in [1.165, 1.54) is 54.8 Å². The van der Waals surface area contributed by atoms with E-state index in [1.807, 2.05) is 0 Å². The maximum atomic E-state index is 13.3. The first-order chi connectivity index (χ1) is 12.1. The number of hydrogen-bond donors (Lipinski definition) is 2. The molecular formula is C17H14BF2N3O2. The SMILES string of the molecule is CNC(=BOC#N)NC(C=O)(c1ccc(F)cc1)c1ccc(F)cc1. The van der Waals surface area contributed by atoms with Crippen LogP contribution in [-0.2, 0) is 15.0 Å². The summed E-state index contributed by atoms with van der Waals surface area (Å²) in [5, 5.41) is 14.2. The average molecular weight is 341 g/mol. The van der Waals surface area contributed by atoms with E-state index in [0.717, 1.165) is 7.12 Å². The third-order valence-corrected chi connectivity index (χ3v) is 3.61. The van der Waals surface area contributed by atoms with Crippen LogP contribution in [0.2, 0.25) is 0 Å². The first-order valence-corrected chi connectivity index (χ1v) is 7.25. The first-order valence-electron chi connectivity index (χ1n) is 7.25. The van der Waals surface area contributed by atoms with Crippen molar-refractivity contribution in [1.29, 1.82) is 5.26 Å². The molecule has 0 radical (unpaired) electrons. The molecule has 2 rings (SSSR count). The molecule has 2 N–H and O–H groups in total. The second kappa shape index (κ2) is 8.06. The van der Waals surface area contributed by atoms with Crippen LogP contribution < -0.4 is 10.6 Å². The Morgan fingerprint density at radius 1 is 1.12 bits per heavy atom. The fraction of sp³-hybridized carbons (Fsp3) is 0.118. The molecule has 0 amide bonds. The summed E-state index contributed by atoms with van der Waals surface area (Å²) in [6.07, 6.45) is 2.10. The van der Waals surface area contributed by atoms with E-state index < -0.39 is 17.2 Å². The zero-order valence-electron chi connectivity index (χ0n) is 13.3. The Bertz CT molecular complexity index is 757. The van der Waals surface area contributed by atoms with Crippen molar-refractivity contribution in [2.45, 2.75) is 5.54 Å². The van der Waals surface area contributed by atoms with Gasteiger partial charge in [-0.25, -0.2) is 0 Å². The van der Waals surface area contributed by atoms with Crippen LogP contribution >= 0.6 is 0 Å². The van der Waals surface area contributed by atoms with Crippen molar-refractivity contribution in [1.82, 2.24) is 10.6 Å². The van der Waals surface area contributed by atoms with E-state index in [4.69, 9.17) is 5.26 Å². The van der Waals surface area contributed by atoms with Crippen LogP contribution in [0.25, 0.3) is 0 Å². The second-order valence-electron chi connectivity index (χ2n) is 5.06. The number of hydrogen-bond acceptors (Lipinski definition) is 5. The molecule has 0 fully saturated rings. The molecule has 0 bridgehead atoms. The summed E-state index contributed by atoms with van der Waals surface area (Å²) in [7, 11) is 2.65. The monoisotopic (exact) mass is 341 g/mol. The molecule has 25 heavy (non-hydrogen) atoms. The van der Waals surface area contributed by atoms with Crippen LogP contribution in [0, 0.1) is 23.2 Å². The van der Waals surface area contributed by atoms with E-state index in [0.29, 0.717) is 17.4 Å². The molecule has 8 heteroatoms. The predicted octanol–water partition coefficient (Wildman–Crippen LogP) is 1.42. The van der Waals surface area contributed by atoms with Crippen molar-refractivity contribution in [2.24, 2.45) is 0 Å². The second-order valence-corrected chi connectivity index (χ2v) is 5.06. The molecule has 0 unspecified atom stereocenters. The van der Waals surface area contributed by atoms with Gasteiger partial charge in [-0.1, -0.05) is 0 Å². The number of nitriles is 1. The molecule has 0 saturated heterocycles.